The molecule has 3 atom stereocenters. The first-order chi connectivity index (χ1) is 8.38. The number of carbonyl (C=O) groups is 1. The Balaban J connectivity index is 2.92. The Labute approximate surface area is 103 Å². The van der Waals surface area contributed by atoms with Gasteiger partial charge in [0.05, 0.1) is 0 Å². The lowest BCUT2D eigenvalue weighted by atomic mass is 9.97. The maximum absolute atomic E-state index is 11.0. The highest BCUT2D eigenvalue weighted by Gasteiger charge is 2.55. The van der Waals surface area contributed by atoms with Gasteiger partial charge in [-0.2, -0.15) is 4.89 Å². The molecule has 0 aliphatic carbocycles. The highest BCUT2D eigenvalue weighted by atomic mass is 17.1. The van der Waals surface area contributed by atoms with Crippen LogP contribution in [0, 0.1) is 0 Å². The first-order valence-corrected chi connectivity index (χ1v) is 5.44. The van der Waals surface area contributed by atoms with E-state index in [0.717, 1.165) is 0 Å². The van der Waals surface area contributed by atoms with E-state index in [1.165, 1.54) is 0 Å². The first kappa shape index (κ1) is 14.7. The lowest BCUT2D eigenvalue weighted by molar-refractivity contribution is -0.433. The molecule has 0 spiro atoms. The third kappa shape index (κ3) is 2.41. The number of esters is 1. The van der Waals surface area contributed by atoms with Crippen molar-refractivity contribution < 1.29 is 40.1 Å². The summed E-state index contributed by atoms with van der Waals surface area (Å²) in [4.78, 5) is 14.7. The summed E-state index contributed by atoms with van der Waals surface area (Å²) in [6.07, 6.45) is -2.26. The van der Waals surface area contributed by atoms with Gasteiger partial charge in [-0.25, -0.2) is 10.1 Å². The summed E-state index contributed by atoms with van der Waals surface area (Å²) in [5.74, 6) is -6.12. The number of carbonyl (C=O) groups excluding carboxylic acids is 1. The van der Waals surface area contributed by atoms with Gasteiger partial charge in [0.1, 0.15) is 6.10 Å². The molecule has 1 rings (SSSR count). The predicted octanol–water partition coefficient (Wildman–Crippen LogP) is -0.0313. The molecule has 0 saturated heterocycles. The highest BCUT2D eigenvalue weighted by Crippen LogP contribution is 2.32. The van der Waals surface area contributed by atoms with E-state index in [1.54, 1.807) is 0 Å². The van der Waals surface area contributed by atoms with Crippen molar-refractivity contribution in [2.75, 3.05) is 0 Å². The summed E-state index contributed by atoms with van der Waals surface area (Å²) >= 11 is 0. The third-order valence-electron chi connectivity index (χ3n) is 2.74. The van der Waals surface area contributed by atoms with Crippen LogP contribution >= 0.6 is 0 Å². The van der Waals surface area contributed by atoms with Crippen molar-refractivity contribution in [1.29, 1.82) is 0 Å². The van der Waals surface area contributed by atoms with Crippen molar-refractivity contribution in [3.05, 3.63) is 11.5 Å². The van der Waals surface area contributed by atoms with E-state index < -0.39 is 35.5 Å². The molecule has 0 amide bonds. The number of aliphatic hydroxyl groups is 4. The van der Waals surface area contributed by atoms with Gasteiger partial charge in [-0.3, -0.25) is 0 Å². The minimum atomic E-state index is -2.74. The molecule has 1 aliphatic heterocycles. The molecule has 5 N–H and O–H groups in total. The van der Waals surface area contributed by atoms with E-state index >= 15 is 0 Å². The highest BCUT2D eigenvalue weighted by molar-refractivity contribution is 5.89. The monoisotopic (exact) mass is 264 g/mol. The minimum absolute atomic E-state index is 0.0374. The number of ether oxygens (including phenoxy) is 1. The minimum Gasteiger partial charge on any atom is -0.505 e. The summed E-state index contributed by atoms with van der Waals surface area (Å²) < 4.78 is 4.43. The smallest absolute Gasteiger partial charge is 0.378 e. The summed E-state index contributed by atoms with van der Waals surface area (Å²) in [7, 11) is 0. The van der Waals surface area contributed by atoms with E-state index in [1.807, 2.05) is 6.92 Å². The van der Waals surface area contributed by atoms with E-state index in [9.17, 15) is 20.1 Å². The molecule has 8 heteroatoms. The van der Waals surface area contributed by atoms with Crippen LogP contribution in [0.15, 0.2) is 11.5 Å². The molecule has 0 aromatic carbocycles. The lowest BCUT2D eigenvalue weighted by Crippen LogP contribution is -2.54. The van der Waals surface area contributed by atoms with Crippen LogP contribution in [-0.2, 0) is 14.4 Å². The second-order valence-corrected chi connectivity index (χ2v) is 4.02. The number of rotatable bonds is 6. The molecule has 104 valence electrons. The van der Waals surface area contributed by atoms with Crippen LogP contribution in [0.3, 0.4) is 0 Å². The molecule has 18 heavy (non-hydrogen) atoms. The zero-order chi connectivity index (χ0) is 13.9. The molecule has 1 aliphatic rings. The van der Waals surface area contributed by atoms with E-state index in [4.69, 9.17) is 10.4 Å². The largest absolute Gasteiger partial charge is 0.505 e. The molecular formula is C10H16O8. The van der Waals surface area contributed by atoms with Crippen LogP contribution in [0.5, 0.6) is 0 Å². The molecule has 0 aromatic rings. The quantitative estimate of drug-likeness (QED) is 0.195. The van der Waals surface area contributed by atoms with Crippen LogP contribution in [0.1, 0.15) is 26.2 Å². The van der Waals surface area contributed by atoms with E-state index in [0.29, 0.717) is 12.8 Å². The molecule has 1 unspecified atom stereocenters. The van der Waals surface area contributed by atoms with Crippen molar-refractivity contribution in [1.82, 2.24) is 0 Å². The summed E-state index contributed by atoms with van der Waals surface area (Å²) in [6, 6.07) is 0. The topological polar surface area (TPSA) is 137 Å². The number of unbranched alkanes of at least 4 members (excludes halogenated alkanes) is 1. The van der Waals surface area contributed by atoms with Crippen LogP contribution in [0.25, 0.3) is 0 Å². The summed E-state index contributed by atoms with van der Waals surface area (Å²) in [5, 5.41) is 46.8. The number of aliphatic hydroxyl groups excluding tert-OH is 3. The van der Waals surface area contributed by atoms with Crippen LogP contribution < -0.4 is 0 Å². The first-order valence-electron chi connectivity index (χ1n) is 5.44. The number of hydrogen-bond acceptors (Lipinski definition) is 8. The fourth-order valence-electron chi connectivity index (χ4n) is 1.62. The van der Waals surface area contributed by atoms with Gasteiger partial charge in [0.25, 0.3) is 5.79 Å². The number of hydrogen-bond donors (Lipinski definition) is 5. The lowest BCUT2D eigenvalue weighted by Gasteiger charge is -2.32. The van der Waals surface area contributed by atoms with Crippen molar-refractivity contribution in [3.63, 3.8) is 0 Å². The van der Waals surface area contributed by atoms with Gasteiger partial charge >= 0.3 is 5.97 Å². The zero-order valence-electron chi connectivity index (χ0n) is 9.74. The van der Waals surface area contributed by atoms with E-state index in [2.05, 4.69) is 9.62 Å². The molecular weight excluding hydrogens is 248 g/mol. The van der Waals surface area contributed by atoms with Crippen LogP contribution in [0.4, 0.5) is 0 Å². The summed E-state index contributed by atoms with van der Waals surface area (Å²) in [5.41, 5.74) is 0. The van der Waals surface area contributed by atoms with Gasteiger partial charge < -0.3 is 25.2 Å². The van der Waals surface area contributed by atoms with Gasteiger partial charge in [0, 0.05) is 0 Å². The standard InChI is InChI=1S/C10H16O8/c1-2-3-4-5(11)10(15,18-16)8-6(12)7(13)9(14)17-8/h5,8,11-13,15-16H,2-4H2,1H3/t5?,8-,10+/m0/s1. The van der Waals surface area contributed by atoms with Crippen LogP contribution in [-0.4, -0.2) is 49.6 Å². The fraction of sp³-hybridized carbons (Fsp3) is 0.700. The molecule has 1 heterocycles. The zero-order valence-corrected chi connectivity index (χ0v) is 9.74. The second kappa shape index (κ2) is 5.53. The van der Waals surface area contributed by atoms with Crippen molar-refractivity contribution in [2.45, 2.75) is 44.2 Å². The van der Waals surface area contributed by atoms with Gasteiger partial charge in [-0.1, -0.05) is 19.8 Å². The Kier molecular flexibility index (Phi) is 4.52. The fourth-order valence-corrected chi connectivity index (χ4v) is 1.62. The van der Waals surface area contributed by atoms with E-state index in [-0.39, 0.29) is 6.42 Å². The molecule has 0 fully saturated rings. The van der Waals surface area contributed by atoms with Gasteiger partial charge in [0.15, 0.2) is 5.76 Å². The Morgan fingerprint density at radius 2 is 2.11 bits per heavy atom. The predicted molar refractivity (Wildman–Crippen MR) is 56.4 cm³/mol. The van der Waals surface area contributed by atoms with Crippen molar-refractivity contribution in [2.24, 2.45) is 0 Å². The van der Waals surface area contributed by atoms with Gasteiger partial charge in [0.2, 0.25) is 11.9 Å². The Bertz CT molecular complexity index is 352. The SMILES string of the molecule is CCCCC(O)[C@@](O)(OO)[C@H]1OC(=O)C(O)=C1O. The Morgan fingerprint density at radius 1 is 1.50 bits per heavy atom. The molecule has 0 bridgehead atoms. The normalized spacial score (nSPS) is 24.9. The maximum Gasteiger partial charge on any atom is 0.378 e. The summed E-state index contributed by atoms with van der Waals surface area (Å²) in [6.45, 7) is 1.84. The number of cyclic esters (lactones) is 1. The average molecular weight is 264 g/mol. The second-order valence-electron chi connectivity index (χ2n) is 4.02. The molecule has 0 aromatic heterocycles. The maximum atomic E-state index is 11.0. The van der Waals surface area contributed by atoms with Gasteiger partial charge in [-0.15, -0.1) is 0 Å². The third-order valence-corrected chi connectivity index (χ3v) is 2.74. The van der Waals surface area contributed by atoms with Crippen LogP contribution in [0.2, 0.25) is 0 Å². The average Bonchev–Trinajstić information content (AvgIpc) is 2.63. The molecule has 0 saturated carbocycles. The molecule has 0 radical (unpaired) electrons. The van der Waals surface area contributed by atoms with Crippen molar-refractivity contribution in [3.8, 4) is 0 Å². The Hall–Kier alpha value is -1.35. The molecule has 8 nitrogen and oxygen atoms in total. The Morgan fingerprint density at radius 3 is 2.50 bits per heavy atom. The van der Waals surface area contributed by atoms with Crippen molar-refractivity contribution >= 4 is 5.97 Å². The van der Waals surface area contributed by atoms with Gasteiger partial charge in [-0.05, 0) is 6.42 Å².